The van der Waals surface area contributed by atoms with Crippen molar-refractivity contribution >= 4 is 15.1 Å². The summed E-state index contributed by atoms with van der Waals surface area (Å²) >= 11 is 0. The summed E-state index contributed by atoms with van der Waals surface area (Å²) in [6.45, 7) is 1.59. The number of hydrogen-bond donors (Lipinski definition) is 0. The lowest BCUT2D eigenvalue weighted by Gasteiger charge is -2.25. The highest BCUT2D eigenvalue weighted by Gasteiger charge is 2.34. The van der Waals surface area contributed by atoms with E-state index in [2.05, 4.69) is 9.98 Å². The molecule has 0 N–H and O–H groups in total. The van der Waals surface area contributed by atoms with Crippen molar-refractivity contribution in [2.75, 3.05) is 13.1 Å². The molecule has 0 spiro atoms. The Morgan fingerprint density at radius 3 is 2.72 bits per heavy atom. The van der Waals surface area contributed by atoms with E-state index in [0.717, 1.165) is 25.0 Å². The molecule has 18 heavy (non-hydrogen) atoms. The minimum absolute atomic E-state index is 0.201. The monoisotopic (exact) mass is 265 g/mol. The molecule has 0 saturated carbocycles. The number of aliphatic imine (C=N–C) groups is 1. The van der Waals surface area contributed by atoms with Gasteiger partial charge in [-0.05, 0) is 25.0 Å². The predicted molar refractivity (Wildman–Crippen MR) is 68.8 cm³/mol. The second-order valence-electron chi connectivity index (χ2n) is 4.58. The first-order chi connectivity index (χ1) is 8.69. The van der Waals surface area contributed by atoms with E-state index in [4.69, 9.17) is 0 Å². The summed E-state index contributed by atoms with van der Waals surface area (Å²) in [6.07, 6.45) is 4.65. The zero-order valence-electron chi connectivity index (χ0n) is 10.0. The van der Waals surface area contributed by atoms with E-state index >= 15 is 0 Å². The number of sulfonamides is 1. The molecule has 1 aromatic heterocycles. The standard InChI is InChI=1S/C12H15N3O2S/c16-18(17,15-7-2-1-3-8-15)12-10-5-4-6-13-11(10)9-14-12/h4-6H,1-3,7-9H2. The van der Waals surface area contributed by atoms with Crippen LogP contribution >= 0.6 is 0 Å². The van der Waals surface area contributed by atoms with Crippen molar-refractivity contribution < 1.29 is 8.42 Å². The summed E-state index contributed by atoms with van der Waals surface area (Å²) in [5.74, 6) is 0. The van der Waals surface area contributed by atoms with Gasteiger partial charge in [-0.1, -0.05) is 6.42 Å². The molecule has 3 rings (SSSR count). The van der Waals surface area contributed by atoms with Gasteiger partial charge in [0.2, 0.25) is 0 Å². The number of nitrogens with zero attached hydrogens (tertiary/aromatic N) is 3. The Labute approximate surface area is 107 Å². The van der Waals surface area contributed by atoms with Gasteiger partial charge in [0.15, 0.2) is 5.04 Å². The third-order valence-corrected chi connectivity index (χ3v) is 5.28. The molecular formula is C12H15N3O2S. The highest BCUT2D eigenvalue weighted by atomic mass is 32.2. The van der Waals surface area contributed by atoms with Gasteiger partial charge in [0, 0.05) is 24.8 Å². The van der Waals surface area contributed by atoms with E-state index in [1.54, 1.807) is 22.6 Å². The first-order valence-electron chi connectivity index (χ1n) is 6.18. The molecule has 0 aliphatic carbocycles. The first kappa shape index (κ1) is 11.8. The van der Waals surface area contributed by atoms with Crippen LogP contribution in [0.1, 0.15) is 30.5 Å². The molecule has 0 bridgehead atoms. The molecule has 0 aromatic carbocycles. The van der Waals surface area contributed by atoms with E-state index < -0.39 is 10.0 Å². The molecular weight excluding hydrogens is 250 g/mol. The lowest BCUT2D eigenvalue weighted by Crippen LogP contribution is -2.39. The van der Waals surface area contributed by atoms with E-state index in [1.807, 2.05) is 0 Å². The third kappa shape index (κ3) is 1.85. The zero-order valence-corrected chi connectivity index (χ0v) is 10.9. The number of aromatic nitrogens is 1. The van der Waals surface area contributed by atoms with E-state index in [-0.39, 0.29) is 5.04 Å². The lowest BCUT2D eigenvalue weighted by atomic mass is 10.2. The Balaban J connectivity index is 1.96. The van der Waals surface area contributed by atoms with Gasteiger partial charge in [0.05, 0.1) is 12.2 Å². The van der Waals surface area contributed by atoms with Crippen LogP contribution in [0.4, 0.5) is 0 Å². The van der Waals surface area contributed by atoms with Gasteiger partial charge in [-0.2, -0.15) is 4.31 Å². The van der Waals surface area contributed by atoms with Crippen molar-refractivity contribution in [1.82, 2.24) is 9.29 Å². The third-order valence-electron chi connectivity index (χ3n) is 3.39. The van der Waals surface area contributed by atoms with Gasteiger partial charge in [-0.15, -0.1) is 0 Å². The molecule has 1 fully saturated rings. The number of piperidine rings is 1. The van der Waals surface area contributed by atoms with Gasteiger partial charge in [0.1, 0.15) is 0 Å². The summed E-state index contributed by atoms with van der Waals surface area (Å²) in [5.41, 5.74) is 1.43. The fourth-order valence-electron chi connectivity index (χ4n) is 2.44. The molecule has 2 aliphatic heterocycles. The molecule has 0 unspecified atom stereocenters. The van der Waals surface area contributed by atoms with E-state index in [1.165, 1.54) is 0 Å². The van der Waals surface area contributed by atoms with Crippen molar-refractivity contribution in [3.63, 3.8) is 0 Å². The fraction of sp³-hybridized carbons (Fsp3) is 0.500. The van der Waals surface area contributed by atoms with Gasteiger partial charge >= 0.3 is 0 Å². The molecule has 96 valence electrons. The molecule has 0 radical (unpaired) electrons. The Morgan fingerprint density at radius 2 is 1.94 bits per heavy atom. The molecule has 5 nitrogen and oxygen atoms in total. The average molecular weight is 265 g/mol. The smallest absolute Gasteiger partial charge is 0.260 e. The lowest BCUT2D eigenvalue weighted by molar-refractivity contribution is 0.352. The van der Waals surface area contributed by atoms with Crippen LogP contribution in [0.3, 0.4) is 0 Å². The van der Waals surface area contributed by atoms with Crippen LogP contribution in [-0.2, 0) is 16.6 Å². The molecule has 0 amide bonds. The van der Waals surface area contributed by atoms with Crippen molar-refractivity contribution in [1.29, 1.82) is 0 Å². The summed E-state index contributed by atoms with van der Waals surface area (Å²) in [5, 5.41) is 0.201. The normalized spacial score (nSPS) is 20.6. The van der Waals surface area contributed by atoms with Gasteiger partial charge in [0.25, 0.3) is 10.0 Å². The van der Waals surface area contributed by atoms with Crippen LogP contribution in [0.5, 0.6) is 0 Å². The Morgan fingerprint density at radius 1 is 1.17 bits per heavy atom. The summed E-state index contributed by atoms with van der Waals surface area (Å²) in [4.78, 5) is 8.35. The predicted octanol–water partition coefficient (Wildman–Crippen LogP) is 1.16. The highest BCUT2D eigenvalue weighted by Crippen LogP contribution is 2.23. The maximum Gasteiger partial charge on any atom is 0.260 e. The summed E-state index contributed by atoms with van der Waals surface area (Å²) < 4.78 is 26.6. The van der Waals surface area contributed by atoms with Crippen molar-refractivity contribution in [3.8, 4) is 0 Å². The van der Waals surface area contributed by atoms with Crippen LogP contribution < -0.4 is 0 Å². The molecule has 1 saturated heterocycles. The van der Waals surface area contributed by atoms with Crippen molar-refractivity contribution in [2.24, 2.45) is 4.99 Å². The minimum atomic E-state index is -3.43. The van der Waals surface area contributed by atoms with Gasteiger partial charge in [-0.3, -0.25) is 9.98 Å². The Bertz CT molecular complexity index is 589. The fourth-order valence-corrected chi connectivity index (χ4v) is 4.11. The molecule has 0 atom stereocenters. The Kier molecular flexibility index (Phi) is 2.91. The van der Waals surface area contributed by atoms with Crippen molar-refractivity contribution in [2.45, 2.75) is 25.8 Å². The number of rotatable bonds is 1. The second-order valence-corrected chi connectivity index (χ2v) is 6.44. The highest BCUT2D eigenvalue weighted by molar-refractivity contribution is 8.05. The Hall–Kier alpha value is -1.27. The van der Waals surface area contributed by atoms with Gasteiger partial charge < -0.3 is 0 Å². The molecule has 3 heterocycles. The van der Waals surface area contributed by atoms with E-state index in [9.17, 15) is 8.42 Å². The van der Waals surface area contributed by atoms with Crippen molar-refractivity contribution in [3.05, 3.63) is 29.6 Å². The average Bonchev–Trinajstić information content (AvgIpc) is 2.84. The van der Waals surface area contributed by atoms with Gasteiger partial charge in [-0.25, -0.2) is 8.42 Å². The van der Waals surface area contributed by atoms with Crippen LogP contribution in [0.2, 0.25) is 0 Å². The summed E-state index contributed by atoms with van der Waals surface area (Å²) in [7, 11) is -3.43. The maximum absolute atomic E-state index is 12.5. The van der Waals surface area contributed by atoms with E-state index in [0.29, 0.717) is 25.2 Å². The minimum Gasteiger partial charge on any atom is -0.265 e. The second kappa shape index (κ2) is 4.44. The maximum atomic E-state index is 12.5. The largest absolute Gasteiger partial charge is 0.265 e. The molecule has 1 aromatic rings. The number of pyridine rings is 1. The first-order valence-corrected chi connectivity index (χ1v) is 7.62. The topological polar surface area (TPSA) is 62.6 Å². The number of fused-ring (bicyclic) bond motifs is 1. The SMILES string of the molecule is O=S(=O)(C1=NCc2ncccc21)N1CCCCC1. The quantitative estimate of drug-likeness (QED) is 0.765. The zero-order chi connectivity index (χ0) is 12.6. The van der Waals surface area contributed by atoms with Crippen LogP contribution in [0, 0.1) is 0 Å². The van der Waals surface area contributed by atoms with Crippen LogP contribution in [0.15, 0.2) is 23.3 Å². The molecule has 6 heteroatoms. The van der Waals surface area contributed by atoms with Crippen LogP contribution in [-0.4, -0.2) is 35.8 Å². The summed E-state index contributed by atoms with van der Waals surface area (Å²) in [6, 6.07) is 3.54. The molecule has 2 aliphatic rings. The number of hydrogen-bond acceptors (Lipinski definition) is 4. The van der Waals surface area contributed by atoms with Crippen LogP contribution in [0.25, 0.3) is 0 Å².